The Morgan fingerprint density at radius 3 is 2.58 bits per heavy atom. The van der Waals surface area contributed by atoms with Gasteiger partial charge in [-0.2, -0.15) is 0 Å². The lowest BCUT2D eigenvalue weighted by atomic mass is 9.87. The quantitative estimate of drug-likeness (QED) is 0.427. The fourth-order valence-electron chi connectivity index (χ4n) is 4.49. The van der Waals surface area contributed by atoms with Crippen molar-refractivity contribution in [2.75, 3.05) is 6.54 Å². The van der Waals surface area contributed by atoms with Crippen LogP contribution in [0.25, 0.3) is 0 Å². The normalized spacial score (nSPS) is 15.2. The number of nitrogens with zero attached hydrogens (tertiary/aromatic N) is 2. The number of hydrogen-bond acceptors (Lipinski definition) is 5. The van der Waals surface area contributed by atoms with Crippen molar-refractivity contribution >= 4 is 23.2 Å². The number of fused-ring (bicyclic) bond motifs is 1. The number of aromatic nitrogens is 1. The molecule has 0 spiro atoms. The fraction of sp³-hybridized carbons (Fsp3) is 0.414. The summed E-state index contributed by atoms with van der Waals surface area (Å²) in [6.07, 6.45) is 1.35. The molecule has 2 amide bonds. The highest BCUT2D eigenvalue weighted by Gasteiger charge is 2.32. The number of nitrogens with one attached hydrogen (secondary N) is 1. The average molecular weight is 506 g/mol. The van der Waals surface area contributed by atoms with Crippen LogP contribution < -0.4 is 10.1 Å². The van der Waals surface area contributed by atoms with Crippen LogP contribution in [-0.4, -0.2) is 34.3 Å². The largest absolute Gasteiger partial charge is 0.486 e. The molecule has 0 saturated carbocycles. The average Bonchev–Trinajstić information content (AvgIpc) is 3.31. The maximum absolute atomic E-state index is 13.2. The van der Waals surface area contributed by atoms with Crippen molar-refractivity contribution in [3.8, 4) is 5.75 Å². The van der Waals surface area contributed by atoms with E-state index in [0.717, 1.165) is 28.3 Å². The van der Waals surface area contributed by atoms with Gasteiger partial charge in [0.1, 0.15) is 23.1 Å². The molecule has 4 rings (SSSR count). The van der Waals surface area contributed by atoms with Gasteiger partial charge in [0.15, 0.2) is 0 Å². The van der Waals surface area contributed by atoms with Crippen LogP contribution in [0.2, 0.25) is 0 Å². The number of ether oxygens (including phenoxy) is 1. The summed E-state index contributed by atoms with van der Waals surface area (Å²) in [4.78, 5) is 31.9. The van der Waals surface area contributed by atoms with Crippen molar-refractivity contribution in [1.82, 2.24) is 15.2 Å². The molecular formula is C29H35N3O3S. The molecule has 0 saturated heterocycles. The Hall–Kier alpha value is -3.19. The van der Waals surface area contributed by atoms with Crippen molar-refractivity contribution < 1.29 is 14.3 Å². The number of hydrogen-bond donors (Lipinski definition) is 1. The Bertz CT molecular complexity index is 1220. The first-order valence-corrected chi connectivity index (χ1v) is 13.5. The van der Waals surface area contributed by atoms with Gasteiger partial charge in [0.05, 0.1) is 6.04 Å². The number of thiazole rings is 1. The molecule has 7 heteroatoms. The molecule has 0 fully saturated rings. The van der Waals surface area contributed by atoms with E-state index < -0.39 is 0 Å². The molecule has 3 aromatic rings. The molecule has 2 aromatic carbocycles. The van der Waals surface area contributed by atoms with E-state index in [1.165, 1.54) is 22.5 Å². The second-order valence-electron chi connectivity index (χ2n) is 10.2. The standard InChI is InChI=1S/C29H35N3O3S/c1-18(2)14-27(33)32-13-12-21-10-11-23(15-24(21)28(32)22-8-6-20(5)7-9-22)35-16-26-31-25(17-36-26)29(34)30-19(3)4/h6-11,15,17-19,28H,12-14,16H2,1-5H3,(H,30,34)/t28-/m1/s1. The molecule has 1 aliphatic heterocycles. The summed E-state index contributed by atoms with van der Waals surface area (Å²) in [6, 6.07) is 14.5. The molecule has 36 heavy (non-hydrogen) atoms. The lowest BCUT2D eigenvalue weighted by Gasteiger charge is -2.38. The molecular weight excluding hydrogens is 470 g/mol. The zero-order valence-electron chi connectivity index (χ0n) is 21.7. The summed E-state index contributed by atoms with van der Waals surface area (Å²) in [5.41, 5.74) is 5.06. The van der Waals surface area contributed by atoms with Crippen molar-refractivity contribution in [3.63, 3.8) is 0 Å². The first kappa shape index (κ1) is 25.9. The van der Waals surface area contributed by atoms with Crippen molar-refractivity contribution in [2.24, 2.45) is 5.92 Å². The molecule has 6 nitrogen and oxygen atoms in total. The van der Waals surface area contributed by atoms with E-state index >= 15 is 0 Å². The Kier molecular flexibility index (Phi) is 8.09. The zero-order valence-corrected chi connectivity index (χ0v) is 22.5. The summed E-state index contributed by atoms with van der Waals surface area (Å²) in [7, 11) is 0. The number of carbonyl (C=O) groups is 2. The van der Waals surface area contributed by atoms with Crippen LogP contribution in [-0.2, 0) is 17.8 Å². The topological polar surface area (TPSA) is 71.5 Å². The van der Waals surface area contributed by atoms with Gasteiger partial charge in [0, 0.05) is 24.4 Å². The number of rotatable bonds is 8. The van der Waals surface area contributed by atoms with E-state index in [9.17, 15) is 9.59 Å². The van der Waals surface area contributed by atoms with E-state index in [1.807, 2.05) is 24.8 Å². The van der Waals surface area contributed by atoms with Crippen LogP contribution in [0.4, 0.5) is 0 Å². The molecule has 2 heterocycles. The Labute approximate surface area is 217 Å². The van der Waals surface area contributed by atoms with Gasteiger partial charge in [-0.25, -0.2) is 4.98 Å². The summed E-state index contributed by atoms with van der Waals surface area (Å²) in [6.45, 7) is 11.1. The second kappa shape index (κ2) is 11.2. The fourth-order valence-corrected chi connectivity index (χ4v) is 5.17. The highest BCUT2D eigenvalue weighted by atomic mass is 32.1. The van der Waals surface area contributed by atoms with Gasteiger partial charge in [-0.15, -0.1) is 11.3 Å². The Morgan fingerprint density at radius 2 is 1.89 bits per heavy atom. The van der Waals surface area contributed by atoms with Crippen LogP contribution in [0.5, 0.6) is 5.75 Å². The molecule has 0 bridgehead atoms. The van der Waals surface area contributed by atoms with Crippen molar-refractivity contribution in [1.29, 1.82) is 0 Å². The summed E-state index contributed by atoms with van der Waals surface area (Å²) in [5.74, 6) is 1.04. The second-order valence-corrected chi connectivity index (χ2v) is 11.1. The van der Waals surface area contributed by atoms with Gasteiger partial charge >= 0.3 is 0 Å². The first-order chi connectivity index (χ1) is 17.2. The maximum atomic E-state index is 13.2. The molecule has 1 atom stereocenters. The van der Waals surface area contributed by atoms with E-state index in [4.69, 9.17) is 4.74 Å². The molecule has 1 aromatic heterocycles. The van der Waals surface area contributed by atoms with Gasteiger partial charge in [-0.05, 0) is 61.9 Å². The molecule has 1 N–H and O–H groups in total. The summed E-state index contributed by atoms with van der Waals surface area (Å²) < 4.78 is 6.11. The minimum absolute atomic E-state index is 0.0582. The van der Waals surface area contributed by atoms with Crippen LogP contribution in [0.15, 0.2) is 47.8 Å². The van der Waals surface area contributed by atoms with Gasteiger partial charge < -0.3 is 15.0 Å². The minimum atomic E-state index is -0.173. The van der Waals surface area contributed by atoms with E-state index in [2.05, 4.69) is 67.5 Å². The highest BCUT2D eigenvalue weighted by molar-refractivity contribution is 7.09. The number of aryl methyl sites for hydroxylation is 1. The minimum Gasteiger partial charge on any atom is -0.486 e. The van der Waals surface area contributed by atoms with E-state index in [1.54, 1.807) is 5.38 Å². The zero-order chi connectivity index (χ0) is 25.8. The SMILES string of the molecule is Cc1ccc([C@@H]2c3cc(OCc4nc(C(=O)NC(C)C)cs4)ccc3CCN2C(=O)CC(C)C)cc1. The third kappa shape index (κ3) is 6.13. The number of benzene rings is 2. The summed E-state index contributed by atoms with van der Waals surface area (Å²) in [5, 5.41) is 5.36. The van der Waals surface area contributed by atoms with Gasteiger partial charge in [-0.1, -0.05) is 49.7 Å². The lowest BCUT2D eigenvalue weighted by molar-refractivity contribution is -0.134. The maximum Gasteiger partial charge on any atom is 0.270 e. The molecule has 190 valence electrons. The van der Waals surface area contributed by atoms with Crippen LogP contribution in [0.1, 0.15) is 77.9 Å². The van der Waals surface area contributed by atoms with Crippen molar-refractivity contribution in [3.05, 3.63) is 80.8 Å². The first-order valence-electron chi connectivity index (χ1n) is 12.6. The molecule has 0 aliphatic carbocycles. The molecule has 0 radical (unpaired) electrons. The Morgan fingerprint density at radius 1 is 1.14 bits per heavy atom. The predicted octanol–water partition coefficient (Wildman–Crippen LogP) is 5.69. The third-order valence-electron chi connectivity index (χ3n) is 6.21. The van der Waals surface area contributed by atoms with E-state index in [-0.39, 0.29) is 30.5 Å². The Balaban J connectivity index is 1.58. The van der Waals surface area contributed by atoms with Crippen LogP contribution in [0, 0.1) is 12.8 Å². The van der Waals surface area contributed by atoms with Crippen LogP contribution in [0.3, 0.4) is 0 Å². The smallest absolute Gasteiger partial charge is 0.270 e. The number of amides is 2. The molecule has 0 unspecified atom stereocenters. The van der Waals surface area contributed by atoms with Crippen LogP contribution >= 0.6 is 11.3 Å². The number of carbonyl (C=O) groups excluding carboxylic acids is 2. The monoisotopic (exact) mass is 505 g/mol. The van der Waals surface area contributed by atoms with Gasteiger partial charge in [0.25, 0.3) is 5.91 Å². The van der Waals surface area contributed by atoms with Gasteiger partial charge in [-0.3, -0.25) is 9.59 Å². The summed E-state index contributed by atoms with van der Waals surface area (Å²) >= 11 is 1.41. The third-order valence-corrected chi connectivity index (χ3v) is 7.03. The molecule has 1 aliphatic rings. The lowest BCUT2D eigenvalue weighted by Crippen LogP contribution is -2.41. The van der Waals surface area contributed by atoms with Gasteiger partial charge in [0.2, 0.25) is 5.91 Å². The highest BCUT2D eigenvalue weighted by Crippen LogP contribution is 2.38. The van der Waals surface area contributed by atoms with Crippen molar-refractivity contribution in [2.45, 2.75) is 66.2 Å². The van der Waals surface area contributed by atoms with E-state index in [0.29, 0.717) is 24.6 Å². The predicted molar refractivity (Wildman–Crippen MR) is 143 cm³/mol.